The van der Waals surface area contributed by atoms with E-state index >= 15 is 0 Å². The van der Waals surface area contributed by atoms with E-state index in [1.54, 1.807) is 57.2 Å². The molecule has 3 atom stereocenters. The van der Waals surface area contributed by atoms with Crippen molar-refractivity contribution in [1.29, 1.82) is 0 Å². The molecule has 0 spiro atoms. The quantitative estimate of drug-likeness (QED) is 0.360. The van der Waals surface area contributed by atoms with Gasteiger partial charge in [0.05, 0.1) is 30.3 Å². The molecular formula is C27H29N3O8. The molecule has 11 nitrogen and oxygen atoms in total. The predicted molar refractivity (Wildman–Crippen MR) is 133 cm³/mol. The zero-order chi connectivity index (χ0) is 27.6. The van der Waals surface area contributed by atoms with Gasteiger partial charge in [-0.1, -0.05) is 42.5 Å². The number of amides is 4. The number of hydrogen-bond donors (Lipinski definition) is 1. The van der Waals surface area contributed by atoms with Crippen molar-refractivity contribution in [3.63, 3.8) is 0 Å². The number of hydrogen-bond acceptors (Lipinski definition) is 8. The molecule has 0 aromatic heterocycles. The second kappa shape index (κ2) is 10.5. The minimum Gasteiger partial charge on any atom is -0.467 e. The minimum absolute atomic E-state index is 0.0775. The van der Waals surface area contributed by atoms with Gasteiger partial charge in [0.1, 0.15) is 12.2 Å². The van der Waals surface area contributed by atoms with E-state index < -0.39 is 53.7 Å². The normalized spacial score (nSPS) is 20.7. The van der Waals surface area contributed by atoms with Crippen molar-refractivity contribution in [3.05, 3.63) is 71.3 Å². The van der Waals surface area contributed by atoms with Gasteiger partial charge >= 0.3 is 18.2 Å². The number of esters is 1. The SMILES string of the molecule is COC(=O)[C@@H]1[C@H](NC(=O)OC(C)(C)C)[C@H](N2C(=O)c3ccccc3C2=O)CN1C(=O)OCc1ccccc1. The van der Waals surface area contributed by atoms with Crippen LogP contribution in [-0.4, -0.2) is 77.2 Å². The number of fused-ring (bicyclic) bond motifs is 1. The molecule has 2 aliphatic heterocycles. The number of alkyl carbamates (subject to hydrolysis) is 1. The molecule has 0 unspecified atom stereocenters. The van der Waals surface area contributed by atoms with Gasteiger partial charge < -0.3 is 19.5 Å². The Balaban J connectivity index is 1.68. The summed E-state index contributed by atoms with van der Waals surface area (Å²) in [6.07, 6.45) is -1.77. The molecule has 1 fully saturated rings. The number of carbonyl (C=O) groups excluding carboxylic acids is 5. The van der Waals surface area contributed by atoms with Crippen LogP contribution >= 0.6 is 0 Å². The van der Waals surface area contributed by atoms with E-state index in [0.717, 1.165) is 22.5 Å². The highest BCUT2D eigenvalue weighted by Crippen LogP contribution is 2.32. The molecule has 1 N–H and O–H groups in total. The molecule has 2 aromatic carbocycles. The Morgan fingerprint density at radius 3 is 2.08 bits per heavy atom. The molecule has 38 heavy (non-hydrogen) atoms. The summed E-state index contributed by atoms with van der Waals surface area (Å²) >= 11 is 0. The van der Waals surface area contributed by atoms with Crippen LogP contribution in [0, 0.1) is 0 Å². The molecule has 0 aliphatic carbocycles. The molecule has 0 radical (unpaired) electrons. The molecule has 2 heterocycles. The third-order valence-electron chi connectivity index (χ3n) is 6.20. The Labute approximate surface area is 219 Å². The van der Waals surface area contributed by atoms with Crippen molar-refractivity contribution < 1.29 is 38.2 Å². The van der Waals surface area contributed by atoms with Crippen LogP contribution in [0.15, 0.2) is 54.6 Å². The van der Waals surface area contributed by atoms with Gasteiger partial charge in [0.2, 0.25) is 0 Å². The molecule has 0 bridgehead atoms. The monoisotopic (exact) mass is 523 g/mol. The fourth-order valence-electron chi connectivity index (χ4n) is 4.59. The van der Waals surface area contributed by atoms with Crippen LogP contribution in [0.3, 0.4) is 0 Å². The summed E-state index contributed by atoms with van der Waals surface area (Å²) in [4.78, 5) is 67.6. The maximum absolute atomic E-state index is 13.3. The van der Waals surface area contributed by atoms with Gasteiger partial charge in [-0.15, -0.1) is 0 Å². The fraction of sp³-hybridized carbons (Fsp3) is 0.370. The zero-order valence-corrected chi connectivity index (χ0v) is 21.5. The summed E-state index contributed by atoms with van der Waals surface area (Å²) in [6.45, 7) is 4.63. The summed E-state index contributed by atoms with van der Waals surface area (Å²) in [7, 11) is 1.13. The maximum atomic E-state index is 13.3. The highest BCUT2D eigenvalue weighted by atomic mass is 16.6. The van der Waals surface area contributed by atoms with Crippen LogP contribution in [0.4, 0.5) is 9.59 Å². The Kier molecular flexibility index (Phi) is 7.38. The number of benzene rings is 2. The topological polar surface area (TPSA) is 132 Å². The molecule has 4 amide bonds. The minimum atomic E-state index is -1.40. The smallest absolute Gasteiger partial charge is 0.410 e. The van der Waals surface area contributed by atoms with Gasteiger partial charge in [-0.2, -0.15) is 0 Å². The first-order valence-corrected chi connectivity index (χ1v) is 12.0. The van der Waals surface area contributed by atoms with Crippen LogP contribution in [0.5, 0.6) is 0 Å². The summed E-state index contributed by atoms with van der Waals surface area (Å²) in [5.74, 6) is -2.06. The lowest BCUT2D eigenvalue weighted by Crippen LogP contribution is -2.58. The zero-order valence-electron chi connectivity index (χ0n) is 21.5. The molecule has 2 aromatic rings. The molecule has 11 heteroatoms. The van der Waals surface area contributed by atoms with Crippen LogP contribution in [0.1, 0.15) is 47.1 Å². The van der Waals surface area contributed by atoms with Crippen LogP contribution in [0.25, 0.3) is 0 Å². The van der Waals surface area contributed by atoms with Crippen molar-refractivity contribution in [2.45, 2.75) is 51.1 Å². The average Bonchev–Trinajstić information content (AvgIpc) is 3.36. The highest BCUT2D eigenvalue weighted by Gasteiger charge is 2.56. The number of ether oxygens (including phenoxy) is 3. The van der Waals surface area contributed by atoms with E-state index in [2.05, 4.69) is 5.32 Å². The average molecular weight is 524 g/mol. The van der Waals surface area contributed by atoms with Gasteiger partial charge in [0.15, 0.2) is 6.04 Å². The van der Waals surface area contributed by atoms with Crippen molar-refractivity contribution in [1.82, 2.24) is 15.1 Å². The molecule has 1 saturated heterocycles. The number of methoxy groups -OCH3 is 1. The van der Waals surface area contributed by atoms with Gasteiger partial charge in [-0.3, -0.25) is 19.4 Å². The molecular weight excluding hydrogens is 494 g/mol. The largest absolute Gasteiger partial charge is 0.467 e. The standard InChI is InChI=1S/C27H29N3O8/c1-27(2,3)38-25(34)28-20-19(30-22(31)17-12-8-9-13-18(17)23(30)32)14-29(21(20)24(33)36-4)26(35)37-15-16-10-6-5-7-11-16/h5-13,19-21H,14-15H2,1-4H3,(H,28,34)/t19-,20-,21+/m1/s1. The Morgan fingerprint density at radius 2 is 1.53 bits per heavy atom. The van der Waals surface area contributed by atoms with E-state index in [0.29, 0.717) is 0 Å². The Morgan fingerprint density at radius 1 is 0.947 bits per heavy atom. The van der Waals surface area contributed by atoms with Crippen molar-refractivity contribution >= 4 is 30.0 Å². The fourth-order valence-corrected chi connectivity index (χ4v) is 4.59. The summed E-state index contributed by atoms with van der Waals surface area (Å²) < 4.78 is 15.8. The third-order valence-corrected chi connectivity index (χ3v) is 6.20. The van der Waals surface area contributed by atoms with Gasteiger partial charge in [0, 0.05) is 6.54 Å². The predicted octanol–water partition coefficient (Wildman–Crippen LogP) is 2.74. The summed E-state index contributed by atoms with van der Waals surface area (Å²) in [5.41, 5.74) is 0.222. The van der Waals surface area contributed by atoms with Crippen molar-refractivity contribution in [2.75, 3.05) is 13.7 Å². The van der Waals surface area contributed by atoms with Gasteiger partial charge in [0.25, 0.3) is 11.8 Å². The lowest BCUT2D eigenvalue weighted by atomic mass is 10.0. The molecule has 200 valence electrons. The van der Waals surface area contributed by atoms with Crippen molar-refractivity contribution in [3.8, 4) is 0 Å². The first-order valence-electron chi connectivity index (χ1n) is 12.0. The van der Waals surface area contributed by atoms with Gasteiger partial charge in [-0.25, -0.2) is 14.4 Å². The highest BCUT2D eigenvalue weighted by molar-refractivity contribution is 6.21. The second-order valence-electron chi connectivity index (χ2n) is 9.93. The Bertz CT molecular complexity index is 1220. The van der Waals surface area contributed by atoms with Crippen LogP contribution < -0.4 is 5.32 Å². The number of imide groups is 1. The van der Waals surface area contributed by atoms with E-state index in [9.17, 15) is 24.0 Å². The van der Waals surface area contributed by atoms with Crippen LogP contribution in [0.2, 0.25) is 0 Å². The van der Waals surface area contributed by atoms with E-state index in [1.807, 2.05) is 6.07 Å². The van der Waals surface area contributed by atoms with E-state index in [1.165, 1.54) is 12.1 Å². The Hall–Kier alpha value is -4.41. The second-order valence-corrected chi connectivity index (χ2v) is 9.93. The van der Waals surface area contributed by atoms with Crippen LogP contribution in [-0.2, 0) is 25.6 Å². The van der Waals surface area contributed by atoms with Crippen molar-refractivity contribution in [2.24, 2.45) is 0 Å². The molecule has 0 saturated carbocycles. The maximum Gasteiger partial charge on any atom is 0.410 e. The van der Waals surface area contributed by atoms with Gasteiger partial charge in [-0.05, 0) is 38.5 Å². The summed E-state index contributed by atoms with van der Waals surface area (Å²) in [6, 6.07) is 11.5. The number of rotatable bonds is 5. The lowest BCUT2D eigenvalue weighted by Gasteiger charge is -2.30. The first-order chi connectivity index (χ1) is 18.0. The van der Waals surface area contributed by atoms with E-state index in [4.69, 9.17) is 14.2 Å². The van der Waals surface area contributed by atoms with E-state index in [-0.39, 0.29) is 24.3 Å². The molecule has 4 rings (SSSR count). The lowest BCUT2D eigenvalue weighted by molar-refractivity contribution is -0.146. The number of nitrogens with one attached hydrogen (secondary N) is 1. The summed E-state index contributed by atoms with van der Waals surface area (Å²) in [5, 5.41) is 2.60. The first kappa shape index (κ1) is 26.6. The third kappa shape index (κ3) is 5.31. The number of likely N-dealkylation sites (tertiary alicyclic amines) is 1. The number of nitrogens with zero attached hydrogens (tertiary/aromatic N) is 2. The number of carbonyl (C=O) groups is 5. The molecule has 2 aliphatic rings.